The van der Waals surface area contributed by atoms with Crippen LogP contribution in [-0.2, 0) is 16.0 Å². The van der Waals surface area contributed by atoms with E-state index in [4.69, 9.17) is 4.74 Å². The lowest BCUT2D eigenvalue weighted by Crippen LogP contribution is -2.51. The summed E-state index contributed by atoms with van der Waals surface area (Å²) >= 11 is 0. The molecule has 1 fully saturated rings. The third-order valence-electron chi connectivity index (χ3n) is 4.66. The third kappa shape index (κ3) is 6.66. The quantitative estimate of drug-likeness (QED) is 0.697. The van der Waals surface area contributed by atoms with Crippen LogP contribution in [0.4, 0.5) is 4.79 Å². The number of benzene rings is 1. The molecule has 0 unspecified atom stereocenters. The van der Waals surface area contributed by atoms with Gasteiger partial charge in [-0.1, -0.05) is 37.6 Å². The fourth-order valence-electron chi connectivity index (χ4n) is 3.13. The minimum absolute atomic E-state index is 0.0104. The molecule has 1 saturated heterocycles. The fraction of sp³-hybridized carbons (Fsp3) is 0.591. The molecule has 0 aromatic heterocycles. The zero-order valence-electron chi connectivity index (χ0n) is 17.5. The Kier molecular flexibility index (Phi) is 7.61. The summed E-state index contributed by atoms with van der Waals surface area (Å²) in [6.45, 7) is 9.46. The van der Waals surface area contributed by atoms with Gasteiger partial charge in [0.25, 0.3) is 0 Å². The first-order valence-electron chi connectivity index (χ1n) is 10.1. The Morgan fingerprint density at radius 3 is 2.04 bits per heavy atom. The van der Waals surface area contributed by atoms with Gasteiger partial charge >= 0.3 is 6.09 Å². The van der Waals surface area contributed by atoms with Gasteiger partial charge in [0.05, 0.1) is 0 Å². The van der Waals surface area contributed by atoms with E-state index in [1.807, 2.05) is 45.0 Å². The van der Waals surface area contributed by atoms with Crippen LogP contribution in [-0.4, -0.2) is 59.4 Å². The van der Waals surface area contributed by atoms with Gasteiger partial charge in [0, 0.05) is 44.6 Å². The standard InChI is InChI=1S/C22H32N2O4/c1-5-6-17-7-9-18(10-8-17)19(25)11-12-20(26)23-13-15-24(16-14-23)21(27)28-22(2,3)4/h7-10H,5-6,11-16H2,1-4H3. The van der Waals surface area contributed by atoms with Gasteiger partial charge in [-0.3, -0.25) is 9.59 Å². The highest BCUT2D eigenvalue weighted by atomic mass is 16.6. The van der Waals surface area contributed by atoms with Gasteiger partial charge in [0.2, 0.25) is 5.91 Å². The Morgan fingerprint density at radius 2 is 1.50 bits per heavy atom. The number of ketones is 1. The molecule has 1 aromatic rings. The molecule has 0 saturated carbocycles. The number of rotatable bonds is 6. The molecule has 0 bridgehead atoms. The summed E-state index contributed by atoms with van der Waals surface area (Å²) in [4.78, 5) is 40.2. The molecular formula is C22H32N2O4. The van der Waals surface area contributed by atoms with Crippen LogP contribution in [0.1, 0.15) is 62.9 Å². The molecule has 6 heteroatoms. The smallest absolute Gasteiger partial charge is 0.410 e. The van der Waals surface area contributed by atoms with E-state index in [0.29, 0.717) is 31.7 Å². The van der Waals surface area contributed by atoms with E-state index < -0.39 is 5.60 Å². The lowest BCUT2D eigenvalue weighted by molar-refractivity contribution is -0.132. The van der Waals surface area contributed by atoms with E-state index in [1.54, 1.807) is 9.80 Å². The Hall–Kier alpha value is -2.37. The Bertz CT molecular complexity index is 683. The number of nitrogens with zero attached hydrogens (tertiary/aromatic N) is 2. The molecule has 1 aliphatic rings. The molecule has 1 aliphatic heterocycles. The Labute approximate surface area is 167 Å². The highest BCUT2D eigenvalue weighted by Gasteiger charge is 2.27. The minimum Gasteiger partial charge on any atom is -0.444 e. The molecule has 0 atom stereocenters. The van der Waals surface area contributed by atoms with Crippen molar-refractivity contribution < 1.29 is 19.1 Å². The summed E-state index contributed by atoms with van der Waals surface area (Å²) in [5.41, 5.74) is 1.35. The van der Waals surface area contributed by atoms with Crippen LogP contribution >= 0.6 is 0 Å². The Balaban J connectivity index is 1.76. The van der Waals surface area contributed by atoms with E-state index in [9.17, 15) is 14.4 Å². The van der Waals surface area contributed by atoms with Crippen LogP contribution in [0.3, 0.4) is 0 Å². The Morgan fingerprint density at radius 1 is 0.929 bits per heavy atom. The number of aryl methyl sites for hydroxylation is 1. The first-order chi connectivity index (χ1) is 13.2. The number of hydrogen-bond donors (Lipinski definition) is 0. The van der Waals surface area contributed by atoms with Gasteiger partial charge < -0.3 is 14.5 Å². The highest BCUT2D eigenvalue weighted by molar-refractivity contribution is 5.98. The van der Waals surface area contributed by atoms with E-state index in [2.05, 4.69) is 6.92 Å². The average molecular weight is 389 g/mol. The molecule has 1 heterocycles. The van der Waals surface area contributed by atoms with Crippen molar-refractivity contribution in [2.24, 2.45) is 0 Å². The van der Waals surface area contributed by atoms with Gasteiger partial charge in [-0.2, -0.15) is 0 Å². The maximum atomic E-state index is 12.4. The molecule has 6 nitrogen and oxygen atoms in total. The first-order valence-corrected chi connectivity index (χ1v) is 10.1. The molecule has 1 aromatic carbocycles. The molecular weight excluding hydrogens is 356 g/mol. The number of hydrogen-bond acceptors (Lipinski definition) is 4. The van der Waals surface area contributed by atoms with Crippen molar-refractivity contribution in [3.05, 3.63) is 35.4 Å². The molecule has 2 amide bonds. The molecule has 154 valence electrons. The number of carbonyl (C=O) groups is 3. The molecule has 0 N–H and O–H groups in total. The highest BCUT2D eigenvalue weighted by Crippen LogP contribution is 2.14. The second-order valence-electron chi connectivity index (χ2n) is 8.22. The van der Waals surface area contributed by atoms with Crippen LogP contribution in [0.25, 0.3) is 0 Å². The number of ether oxygens (including phenoxy) is 1. The number of Topliss-reactive ketones (excluding diaryl/α,β-unsaturated/α-hetero) is 1. The lowest BCUT2D eigenvalue weighted by atomic mass is 10.0. The fourth-order valence-corrected chi connectivity index (χ4v) is 3.13. The second kappa shape index (κ2) is 9.71. The van der Waals surface area contributed by atoms with Crippen molar-refractivity contribution in [3.8, 4) is 0 Å². The maximum absolute atomic E-state index is 12.4. The first kappa shape index (κ1) is 21.9. The van der Waals surface area contributed by atoms with Crippen LogP contribution in [0.2, 0.25) is 0 Å². The largest absolute Gasteiger partial charge is 0.444 e. The second-order valence-corrected chi connectivity index (χ2v) is 8.22. The zero-order valence-corrected chi connectivity index (χ0v) is 17.5. The lowest BCUT2D eigenvalue weighted by Gasteiger charge is -2.35. The van der Waals surface area contributed by atoms with Gasteiger partial charge in [0.15, 0.2) is 5.78 Å². The van der Waals surface area contributed by atoms with Gasteiger partial charge in [0.1, 0.15) is 5.60 Å². The van der Waals surface area contributed by atoms with Crippen LogP contribution in [0.15, 0.2) is 24.3 Å². The average Bonchev–Trinajstić information content (AvgIpc) is 2.65. The van der Waals surface area contributed by atoms with Crippen molar-refractivity contribution in [3.63, 3.8) is 0 Å². The minimum atomic E-state index is -0.529. The molecule has 0 spiro atoms. The third-order valence-corrected chi connectivity index (χ3v) is 4.66. The van der Waals surface area contributed by atoms with Crippen LogP contribution in [0.5, 0.6) is 0 Å². The summed E-state index contributed by atoms with van der Waals surface area (Å²) in [6, 6.07) is 7.65. The van der Waals surface area contributed by atoms with Gasteiger partial charge in [-0.15, -0.1) is 0 Å². The summed E-state index contributed by atoms with van der Waals surface area (Å²) in [5.74, 6) is -0.0522. The SMILES string of the molecule is CCCc1ccc(C(=O)CCC(=O)N2CCN(C(=O)OC(C)(C)C)CC2)cc1. The van der Waals surface area contributed by atoms with E-state index in [0.717, 1.165) is 12.8 Å². The van der Waals surface area contributed by atoms with Crippen LogP contribution in [0, 0.1) is 0 Å². The maximum Gasteiger partial charge on any atom is 0.410 e. The van der Waals surface area contributed by atoms with Gasteiger partial charge in [-0.25, -0.2) is 4.79 Å². The molecule has 28 heavy (non-hydrogen) atoms. The van der Waals surface area contributed by atoms with Gasteiger partial charge in [-0.05, 0) is 32.8 Å². The number of amides is 2. The van der Waals surface area contributed by atoms with Crippen molar-refractivity contribution in [2.75, 3.05) is 26.2 Å². The zero-order chi connectivity index (χ0) is 20.7. The summed E-state index contributed by atoms with van der Waals surface area (Å²) < 4.78 is 5.36. The summed E-state index contributed by atoms with van der Waals surface area (Å²) in [7, 11) is 0. The molecule has 0 aliphatic carbocycles. The predicted molar refractivity (Wildman–Crippen MR) is 108 cm³/mol. The number of carbonyl (C=O) groups excluding carboxylic acids is 3. The van der Waals surface area contributed by atoms with Crippen molar-refractivity contribution >= 4 is 17.8 Å². The summed E-state index contributed by atoms with van der Waals surface area (Å²) in [5, 5.41) is 0. The molecule has 0 radical (unpaired) electrons. The topological polar surface area (TPSA) is 66.9 Å². The normalized spacial score (nSPS) is 14.7. The summed E-state index contributed by atoms with van der Waals surface area (Å²) in [6.07, 6.45) is 2.13. The van der Waals surface area contributed by atoms with E-state index >= 15 is 0 Å². The van der Waals surface area contributed by atoms with Crippen molar-refractivity contribution in [1.82, 2.24) is 9.80 Å². The van der Waals surface area contributed by atoms with E-state index in [1.165, 1.54) is 5.56 Å². The van der Waals surface area contributed by atoms with Crippen molar-refractivity contribution in [2.45, 2.75) is 59.0 Å². The monoisotopic (exact) mass is 388 g/mol. The van der Waals surface area contributed by atoms with E-state index in [-0.39, 0.29) is 30.6 Å². The van der Waals surface area contributed by atoms with Crippen molar-refractivity contribution in [1.29, 1.82) is 0 Å². The van der Waals surface area contributed by atoms with Crippen LogP contribution < -0.4 is 0 Å². The predicted octanol–water partition coefficient (Wildman–Crippen LogP) is 3.68. The molecule has 2 rings (SSSR count). The number of piperazine rings is 1.